The lowest BCUT2D eigenvalue weighted by Gasteiger charge is -2.22. The summed E-state index contributed by atoms with van der Waals surface area (Å²) in [5.74, 6) is 1.13. The van der Waals surface area contributed by atoms with Crippen molar-refractivity contribution in [3.8, 4) is 0 Å². The van der Waals surface area contributed by atoms with Crippen LogP contribution in [0, 0.1) is 25.7 Å². The average molecular weight is 370 g/mol. The predicted molar refractivity (Wildman–Crippen MR) is 98.8 cm³/mol. The molecule has 0 saturated carbocycles. The first-order chi connectivity index (χ1) is 11.3. The summed E-state index contributed by atoms with van der Waals surface area (Å²) in [7, 11) is 1.64. The number of hydrogen-bond acceptors (Lipinski definition) is 5. The van der Waals surface area contributed by atoms with Crippen molar-refractivity contribution in [1.82, 2.24) is 25.5 Å². The van der Waals surface area contributed by atoms with Crippen LogP contribution in [0.3, 0.4) is 0 Å². The molecule has 140 valence electrons. The maximum absolute atomic E-state index is 12.6. The van der Waals surface area contributed by atoms with Gasteiger partial charge in [0.25, 0.3) is 5.91 Å². The van der Waals surface area contributed by atoms with E-state index in [1.54, 1.807) is 20.0 Å². The lowest BCUT2D eigenvalue weighted by Crippen LogP contribution is -2.42. The molecule has 8 heteroatoms. The van der Waals surface area contributed by atoms with Crippen LogP contribution in [0.4, 0.5) is 0 Å². The molecule has 0 aliphatic carbocycles. The molecule has 1 saturated heterocycles. The number of hydrogen-bond donors (Lipinski definition) is 2. The molecular formula is C17H28ClN5O2. The molecule has 2 heterocycles. The minimum atomic E-state index is -0.180. The molecule has 0 unspecified atom stereocenters. The van der Waals surface area contributed by atoms with Crippen molar-refractivity contribution < 1.29 is 9.59 Å². The van der Waals surface area contributed by atoms with Gasteiger partial charge in [0.15, 0.2) is 0 Å². The van der Waals surface area contributed by atoms with Crippen molar-refractivity contribution in [2.24, 2.45) is 11.8 Å². The zero-order valence-electron chi connectivity index (χ0n) is 15.5. The molecule has 1 aromatic heterocycles. The van der Waals surface area contributed by atoms with Gasteiger partial charge in [-0.2, -0.15) is 0 Å². The number of likely N-dealkylation sites (tertiary alicyclic amines) is 1. The van der Waals surface area contributed by atoms with E-state index in [0.29, 0.717) is 36.4 Å². The Hall–Kier alpha value is -1.73. The molecule has 0 spiro atoms. The largest absolute Gasteiger partial charge is 0.358 e. The third kappa shape index (κ3) is 5.64. The van der Waals surface area contributed by atoms with E-state index in [-0.39, 0.29) is 30.3 Å². The number of nitrogens with one attached hydrogen (secondary N) is 2. The summed E-state index contributed by atoms with van der Waals surface area (Å²) in [6, 6.07) is 1.71. The topological polar surface area (TPSA) is 87.2 Å². The number of carbonyl (C=O) groups is 2. The van der Waals surface area contributed by atoms with Crippen LogP contribution in [-0.2, 0) is 4.79 Å². The first-order valence-electron chi connectivity index (χ1n) is 8.36. The van der Waals surface area contributed by atoms with Crippen molar-refractivity contribution in [3.63, 3.8) is 0 Å². The molecule has 25 heavy (non-hydrogen) atoms. The van der Waals surface area contributed by atoms with E-state index in [1.165, 1.54) is 0 Å². The van der Waals surface area contributed by atoms with Crippen LogP contribution in [0.15, 0.2) is 6.07 Å². The second-order valence-corrected chi connectivity index (χ2v) is 6.80. The van der Waals surface area contributed by atoms with E-state index in [0.717, 1.165) is 12.2 Å². The van der Waals surface area contributed by atoms with Gasteiger partial charge >= 0.3 is 0 Å². The van der Waals surface area contributed by atoms with Crippen LogP contribution < -0.4 is 10.6 Å². The Kier molecular flexibility index (Phi) is 7.76. The van der Waals surface area contributed by atoms with E-state index in [9.17, 15) is 9.59 Å². The third-order valence-corrected chi connectivity index (χ3v) is 4.46. The standard InChI is InChI=1S/C17H27N5O2.ClH/c1-10(2)13-7-22(9-16(23)18-5)8-15(13)21-17(24)14-6-11(3)19-12(4)20-14;/h6,10,13,15H,7-9H2,1-5H3,(H,18,23)(H,21,24);1H/t13-,15+;/m1./s1. The molecule has 7 nitrogen and oxygen atoms in total. The lowest BCUT2D eigenvalue weighted by molar-refractivity contribution is -0.121. The fourth-order valence-electron chi connectivity index (χ4n) is 3.23. The summed E-state index contributed by atoms with van der Waals surface area (Å²) >= 11 is 0. The zero-order valence-corrected chi connectivity index (χ0v) is 16.3. The molecule has 0 radical (unpaired) electrons. The van der Waals surface area contributed by atoms with Gasteiger partial charge in [0.2, 0.25) is 5.91 Å². The summed E-state index contributed by atoms with van der Waals surface area (Å²) < 4.78 is 0. The molecule has 2 N–H and O–H groups in total. The van der Waals surface area contributed by atoms with E-state index < -0.39 is 0 Å². The molecule has 1 aliphatic rings. The predicted octanol–water partition coefficient (Wildman–Crippen LogP) is 0.947. The van der Waals surface area contributed by atoms with Gasteiger partial charge in [0.05, 0.1) is 6.54 Å². The number of aromatic nitrogens is 2. The second-order valence-electron chi connectivity index (χ2n) is 6.80. The maximum atomic E-state index is 12.6. The summed E-state index contributed by atoms with van der Waals surface area (Å²) in [6.45, 7) is 9.75. The molecule has 0 aromatic carbocycles. The van der Waals surface area contributed by atoms with Gasteiger partial charge in [-0.1, -0.05) is 13.8 Å². The fourth-order valence-corrected chi connectivity index (χ4v) is 3.23. The van der Waals surface area contributed by atoms with Gasteiger partial charge in [0.1, 0.15) is 11.5 Å². The Morgan fingerprint density at radius 3 is 2.52 bits per heavy atom. The highest BCUT2D eigenvalue weighted by molar-refractivity contribution is 5.92. The zero-order chi connectivity index (χ0) is 17.9. The molecule has 1 aromatic rings. The van der Waals surface area contributed by atoms with E-state index >= 15 is 0 Å². The van der Waals surface area contributed by atoms with Gasteiger partial charge in [-0.3, -0.25) is 14.5 Å². The minimum absolute atomic E-state index is 0. The second kappa shape index (κ2) is 9.10. The number of likely N-dealkylation sites (N-methyl/N-ethyl adjacent to an activating group) is 1. The molecule has 0 bridgehead atoms. The molecule has 2 amide bonds. The summed E-state index contributed by atoms with van der Waals surface area (Å²) in [5.41, 5.74) is 1.17. The van der Waals surface area contributed by atoms with Crippen molar-refractivity contribution >= 4 is 24.2 Å². The fraction of sp³-hybridized carbons (Fsp3) is 0.647. The van der Waals surface area contributed by atoms with Gasteiger partial charge in [-0.25, -0.2) is 9.97 Å². The first-order valence-corrected chi connectivity index (χ1v) is 8.36. The van der Waals surface area contributed by atoms with Crippen LogP contribution in [0.5, 0.6) is 0 Å². The molecule has 2 rings (SSSR count). The number of halogens is 1. The van der Waals surface area contributed by atoms with Gasteiger partial charge < -0.3 is 10.6 Å². The minimum Gasteiger partial charge on any atom is -0.358 e. The smallest absolute Gasteiger partial charge is 0.270 e. The Morgan fingerprint density at radius 2 is 1.96 bits per heavy atom. The van der Waals surface area contributed by atoms with Crippen molar-refractivity contribution in [2.45, 2.75) is 33.7 Å². The first kappa shape index (κ1) is 21.3. The maximum Gasteiger partial charge on any atom is 0.270 e. The number of amides is 2. The Morgan fingerprint density at radius 1 is 1.28 bits per heavy atom. The summed E-state index contributed by atoms with van der Waals surface area (Å²) in [4.78, 5) is 34.7. The van der Waals surface area contributed by atoms with Crippen LogP contribution in [0.25, 0.3) is 0 Å². The van der Waals surface area contributed by atoms with E-state index in [4.69, 9.17) is 0 Å². The van der Waals surface area contributed by atoms with Crippen LogP contribution >= 0.6 is 12.4 Å². The van der Waals surface area contributed by atoms with Gasteiger partial charge in [-0.15, -0.1) is 12.4 Å². The number of carbonyl (C=O) groups excluding carboxylic acids is 2. The number of rotatable bonds is 5. The van der Waals surface area contributed by atoms with Crippen LogP contribution in [0.2, 0.25) is 0 Å². The molecule has 1 fully saturated rings. The Bertz CT molecular complexity index is 603. The van der Waals surface area contributed by atoms with Crippen molar-refractivity contribution in [2.75, 3.05) is 26.7 Å². The Balaban J connectivity index is 0.00000312. The lowest BCUT2D eigenvalue weighted by atomic mass is 9.91. The average Bonchev–Trinajstić information content (AvgIpc) is 2.88. The highest BCUT2D eigenvalue weighted by Gasteiger charge is 2.36. The summed E-state index contributed by atoms with van der Waals surface area (Å²) in [6.07, 6.45) is 0. The normalized spacial score (nSPS) is 20.2. The summed E-state index contributed by atoms with van der Waals surface area (Å²) in [5, 5.41) is 5.74. The molecule has 1 aliphatic heterocycles. The third-order valence-electron chi connectivity index (χ3n) is 4.46. The van der Waals surface area contributed by atoms with Crippen LogP contribution in [0.1, 0.15) is 35.9 Å². The van der Waals surface area contributed by atoms with Crippen molar-refractivity contribution in [3.05, 3.63) is 23.3 Å². The number of aryl methyl sites for hydroxylation is 2. The monoisotopic (exact) mass is 369 g/mol. The highest BCUT2D eigenvalue weighted by Crippen LogP contribution is 2.24. The molecular weight excluding hydrogens is 342 g/mol. The SMILES string of the molecule is CNC(=O)CN1C[C@H](NC(=O)c2cc(C)nc(C)n2)[C@@H](C(C)C)C1.Cl. The van der Waals surface area contributed by atoms with Crippen molar-refractivity contribution in [1.29, 1.82) is 0 Å². The quantitative estimate of drug-likeness (QED) is 0.806. The van der Waals surface area contributed by atoms with E-state index in [2.05, 4.69) is 39.3 Å². The van der Waals surface area contributed by atoms with Gasteiger partial charge in [-0.05, 0) is 31.7 Å². The highest BCUT2D eigenvalue weighted by atomic mass is 35.5. The van der Waals surface area contributed by atoms with E-state index in [1.807, 2.05) is 6.92 Å². The van der Waals surface area contributed by atoms with Gasteiger partial charge in [0, 0.05) is 31.9 Å². The van der Waals surface area contributed by atoms with Crippen LogP contribution in [-0.4, -0.2) is 59.4 Å². The number of nitrogens with zero attached hydrogens (tertiary/aromatic N) is 3. The Labute approximate surface area is 155 Å². The molecule has 2 atom stereocenters.